The second kappa shape index (κ2) is 7.50. The first-order valence-corrected chi connectivity index (χ1v) is 7.27. The van der Waals surface area contributed by atoms with Crippen LogP contribution >= 0.6 is 27.5 Å². The van der Waals surface area contributed by atoms with E-state index in [4.69, 9.17) is 16.7 Å². The summed E-state index contributed by atoms with van der Waals surface area (Å²) in [5.74, 6) is -1.23. The van der Waals surface area contributed by atoms with E-state index < -0.39 is 18.0 Å². The first-order valence-electron chi connectivity index (χ1n) is 6.10. The summed E-state index contributed by atoms with van der Waals surface area (Å²) >= 11 is 9.23. The van der Waals surface area contributed by atoms with Crippen LogP contribution in [0.3, 0.4) is 0 Å². The molecule has 0 heterocycles. The van der Waals surface area contributed by atoms with Crippen molar-refractivity contribution in [3.05, 3.63) is 27.7 Å². The maximum atomic E-state index is 11.8. The van der Waals surface area contributed by atoms with Crippen molar-refractivity contribution in [3.8, 4) is 0 Å². The molecule has 2 amide bonds. The Bertz CT molecular complexity index is 510. The molecule has 1 aromatic rings. The van der Waals surface area contributed by atoms with Gasteiger partial charge in [-0.05, 0) is 24.1 Å². The Balaban J connectivity index is 2.73. The lowest BCUT2D eigenvalue weighted by Gasteiger charge is -2.20. The molecule has 1 rings (SSSR count). The number of hydrogen-bond donors (Lipinski definition) is 3. The van der Waals surface area contributed by atoms with Crippen LogP contribution in [0.4, 0.5) is 10.5 Å². The number of carbonyl (C=O) groups excluding carboxylic acids is 1. The SMILES string of the molecule is CCC(C)[C@H](NC(=O)Nc1ccc(Br)cc1Cl)C(=O)O. The number of amides is 2. The Kier molecular flexibility index (Phi) is 6.29. The van der Waals surface area contributed by atoms with Crippen molar-refractivity contribution in [2.24, 2.45) is 5.92 Å². The van der Waals surface area contributed by atoms with Gasteiger partial charge in [-0.3, -0.25) is 0 Å². The fraction of sp³-hybridized carbons (Fsp3) is 0.385. The lowest BCUT2D eigenvalue weighted by atomic mass is 9.99. The molecule has 3 N–H and O–H groups in total. The van der Waals surface area contributed by atoms with E-state index in [1.165, 1.54) is 0 Å². The molecule has 0 bridgehead atoms. The van der Waals surface area contributed by atoms with Gasteiger partial charge in [0.1, 0.15) is 6.04 Å². The minimum atomic E-state index is -1.06. The molecule has 0 fully saturated rings. The number of halogens is 2. The molecule has 2 atom stereocenters. The van der Waals surface area contributed by atoms with Crippen LogP contribution in [0.5, 0.6) is 0 Å². The number of nitrogens with one attached hydrogen (secondary N) is 2. The molecule has 0 saturated carbocycles. The van der Waals surface area contributed by atoms with Gasteiger partial charge in [-0.25, -0.2) is 9.59 Å². The second-order valence-corrected chi connectivity index (χ2v) is 5.75. The number of rotatable bonds is 5. The van der Waals surface area contributed by atoms with E-state index in [1.807, 2.05) is 6.92 Å². The summed E-state index contributed by atoms with van der Waals surface area (Å²) in [5, 5.41) is 14.4. The van der Waals surface area contributed by atoms with Gasteiger partial charge >= 0.3 is 12.0 Å². The third-order valence-electron chi connectivity index (χ3n) is 2.94. The van der Waals surface area contributed by atoms with Gasteiger partial charge in [0.05, 0.1) is 10.7 Å². The maximum Gasteiger partial charge on any atom is 0.326 e. The predicted molar refractivity (Wildman–Crippen MR) is 82.2 cm³/mol. The normalized spacial score (nSPS) is 13.4. The van der Waals surface area contributed by atoms with Gasteiger partial charge in [0, 0.05) is 4.47 Å². The Morgan fingerprint density at radius 3 is 2.60 bits per heavy atom. The van der Waals surface area contributed by atoms with Crippen molar-refractivity contribution in [1.29, 1.82) is 0 Å². The van der Waals surface area contributed by atoms with E-state index in [9.17, 15) is 9.59 Å². The molecule has 1 unspecified atom stereocenters. The monoisotopic (exact) mass is 362 g/mol. The van der Waals surface area contributed by atoms with E-state index in [2.05, 4.69) is 26.6 Å². The average molecular weight is 364 g/mol. The quantitative estimate of drug-likeness (QED) is 0.746. The molecular weight excluding hydrogens is 348 g/mol. The number of benzene rings is 1. The molecule has 0 aliphatic rings. The van der Waals surface area contributed by atoms with Crippen molar-refractivity contribution in [1.82, 2.24) is 5.32 Å². The van der Waals surface area contributed by atoms with E-state index in [0.29, 0.717) is 17.1 Å². The minimum Gasteiger partial charge on any atom is -0.480 e. The highest BCUT2D eigenvalue weighted by Gasteiger charge is 2.25. The number of carbonyl (C=O) groups is 2. The van der Waals surface area contributed by atoms with Crippen LogP contribution < -0.4 is 10.6 Å². The molecule has 0 aliphatic carbocycles. The fourth-order valence-corrected chi connectivity index (χ4v) is 2.29. The first kappa shape index (κ1) is 16.8. The van der Waals surface area contributed by atoms with Crippen LogP contribution in [-0.4, -0.2) is 23.1 Å². The van der Waals surface area contributed by atoms with Gasteiger partial charge in [0.25, 0.3) is 0 Å². The van der Waals surface area contributed by atoms with Crippen molar-refractivity contribution >= 4 is 45.2 Å². The number of hydrogen-bond acceptors (Lipinski definition) is 2. The molecule has 0 aromatic heterocycles. The summed E-state index contributed by atoms with van der Waals surface area (Å²) in [7, 11) is 0. The van der Waals surface area contributed by atoms with E-state index >= 15 is 0 Å². The predicted octanol–water partition coefficient (Wildman–Crippen LogP) is 3.72. The van der Waals surface area contributed by atoms with Gasteiger partial charge in [-0.1, -0.05) is 47.8 Å². The van der Waals surface area contributed by atoms with Gasteiger partial charge < -0.3 is 15.7 Å². The number of carboxylic acids is 1. The van der Waals surface area contributed by atoms with Crippen LogP contribution in [0.1, 0.15) is 20.3 Å². The molecule has 7 heteroatoms. The molecule has 5 nitrogen and oxygen atoms in total. The smallest absolute Gasteiger partial charge is 0.326 e. The fourth-order valence-electron chi connectivity index (χ4n) is 1.57. The van der Waals surface area contributed by atoms with Gasteiger partial charge in [-0.15, -0.1) is 0 Å². The number of carboxylic acid groups (broad SMARTS) is 1. The van der Waals surface area contributed by atoms with Crippen molar-refractivity contribution in [2.45, 2.75) is 26.3 Å². The lowest BCUT2D eigenvalue weighted by Crippen LogP contribution is -2.46. The summed E-state index contributed by atoms with van der Waals surface area (Å²) in [5.41, 5.74) is 0.417. The van der Waals surface area contributed by atoms with Crippen LogP contribution in [0.15, 0.2) is 22.7 Å². The van der Waals surface area contributed by atoms with E-state index in [1.54, 1.807) is 25.1 Å². The summed E-state index contributed by atoms with van der Waals surface area (Å²) in [6, 6.07) is 3.47. The Labute approximate surface area is 130 Å². The first-order chi connectivity index (χ1) is 9.35. The Morgan fingerprint density at radius 2 is 2.10 bits per heavy atom. The maximum absolute atomic E-state index is 11.8. The van der Waals surface area contributed by atoms with Crippen LogP contribution in [0, 0.1) is 5.92 Å². The van der Waals surface area contributed by atoms with Crippen molar-refractivity contribution < 1.29 is 14.7 Å². The largest absolute Gasteiger partial charge is 0.480 e. The van der Waals surface area contributed by atoms with Crippen molar-refractivity contribution in [3.63, 3.8) is 0 Å². The number of aliphatic carboxylic acids is 1. The van der Waals surface area contributed by atoms with Gasteiger partial charge in [-0.2, -0.15) is 0 Å². The summed E-state index contributed by atoms with van der Waals surface area (Å²) in [6.45, 7) is 3.64. The van der Waals surface area contributed by atoms with E-state index in [0.717, 1.165) is 4.47 Å². The highest BCUT2D eigenvalue weighted by atomic mass is 79.9. The minimum absolute atomic E-state index is 0.168. The van der Waals surface area contributed by atoms with Crippen molar-refractivity contribution in [2.75, 3.05) is 5.32 Å². The molecule has 0 spiro atoms. The average Bonchev–Trinajstić information content (AvgIpc) is 2.38. The van der Waals surface area contributed by atoms with Crippen LogP contribution in [0.2, 0.25) is 5.02 Å². The Morgan fingerprint density at radius 1 is 1.45 bits per heavy atom. The molecule has 0 saturated heterocycles. The summed E-state index contributed by atoms with van der Waals surface area (Å²) in [6.07, 6.45) is 0.649. The van der Waals surface area contributed by atoms with Crippen LogP contribution in [-0.2, 0) is 4.79 Å². The summed E-state index contributed by atoms with van der Waals surface area (Å²) < 4.78 is 0.788. The van der Waals surface area contributed by atoms with E-state index in [-0.39, 0.29) is 5.92 Å². The lowest BCUT2D eigenvalue weighted by molar-refractivity contribution is -0.140. The van der Waals surface area contributed by atoms with Gasteiger partial charge in [0.2, 0.25) is 0 Å². The molecule has 20 heavy (non-hydrogen) atoms. The zero-order valence-electron chi connectivity index (χ0n) is 11.1. The number of urea groups is 1. The molecule has 110 valence electrons. The third-order valence-corrected chi connectivity index (χ3v) is 3.75. The Hall–Kier alpha value is -1.27. The molecule has 0 aliphatic heterocycles. The summed E-state index contributed by atoms with van der Waals surface area (Å²) in [4.78, 5) is 23.0. The molecule has 0 radical (unpaired) electrons. The number of anilines is 1. The topological polar surface area (TPSA) is 78.4 Å². The van der Waals surface area contributed by atoms with Gasteiger partial charge in [0.15, 0.2) is 0 Å². The third kappa shape index (κ3) is 4.68. The zero-order chi connectivity index (χ0) is 15.3. The standard InChI is InChI=1S/C13H16BrClN2O3/c1-3-7(2)11(12(18)19)17-13(20)16-10-5-4-8(14)6-9(10)15/h4-7,11H,3H2,1-2H3,(H,18,19)(H2,16,17,20)/t7?,11-/m0/s1. The molecule has 1 aromatic carbocycles. The van der Waals surface area contributed by atoms with Crippen LogP contribution in [0.25, 0.3) is 0 Å². The zero-order valence-corrected chi connectivity index (χ0v) is 13.5. The second-order valence-electron chi connectivity index (χ2n) is 4.42. The molecular formula is C13H16BrClN2O3. The highest BCUT2D eigenvalue weighted by molar-refractivity contribution is 9.10. The highest BCUT2D eigenvalue weighted by Crippen LogP contribution is 2.25.